The maximum absolute atomic E-state index is 6.05. The van der Waals surface area contributed by atoms with Gasteiger partial charge >= 0.3 is 18.0 Å². The van der Waals surface area contributed by atoms with Gasteiger partial charge in [0.2, 0.25) is 0 Å². The molecule has 1 aromatic heterocycles. The van der Waals surface area contributed by atoms with Crippen LogP contribution in [0.2, 0.25) is 0 Å². The molecular formula is C26H23N3O4. The average molecular weight is 441 g/mol. The van der Waals surface area contributed by atoms with Crippen molar-refractivity contribution < 1.29 is 18.9 Å². The molecule has 1 heterocycles. The molecule has 0 fully saturated rings. The fraction of sp³-hybridized carbons (Fsp3) is 0.115. The van der Waals surface area contributed by atoms with Crippen molar-refractivity contribution in [2.24, 2.45) is 0 Å². The molecule has 7 nitrogen and oxygen atoms in total. The van der Waals surface area contributed by atoms with Gasteiger partial charge in [0.15, 0.2) is 0 Å². The third kappa shape index (κ3) is 6.07. The van der Waals surface area contributed by atoms with E-state index in [9.17, 15) is 0 Å². The van der Waals surface area contributed by atoms with Crippen LogP contribution in [-0.4, -0.2) is 22.1 Å². The first-order valence-corrected chi connectivity index (χ1v) is 10.3. The lowest BCUT2D eigenvalue weighted by atomic mass is 10.1. The van der Waals surface area contributed by atoms with Crippen LogP contribution >= 0.6 is 0 Å². The average Bonchev–Trinajstić information content (AvgIpc) is 2.81. The highest BCUT2D eigenvalue weighted by Gasteiger charge is 2.15. The van der Waals surface area contributed by atoms with E-state index < -0.39 is 0 Å². The molecule has 0 amide bonds. The number of para-hydroxylation sites is 2. The van der Waals surface area contributed by atoms with E-state index >= 15 is 0 Å². The van der Waals surface area contributed by atoms with Gasteiger partial charge in [0, 0.05) is 5.56 Å². The molecule has 0 aliphatic carbocycles. The number of allylic oxidation sites excluding steroid dienone is 1. The lowest BCUT2D eigenvalue weighted by molar-refractivity contribution is 0.360. The molecule has 0 bridgehead atoms. The van der Waals surface area contributed by atoms with Gasteiger partial charge in [-0.05, 0) is 55.8 Å². The Kier molecular flexibility index (Phi) is 6.80. The minimum Gasteiger partial charge on any atom is -0.497 e. The highest BCUT2D eigenvalue weighted by Crippen LogP contribution is 2.31. The van der Waals surface area contributed by atoms with Gasteiger partial charge in [0.05, 0.1) is 7.11 Å². The zero-order valence-electron chi connectivity index (χ0n) is 18.4. The van der Waals surface area contributed by atoms with Crippen LogP contribution in [0.15, 0.2) is 91.0 Å². The summed E-state index contributed by atoms with van der Waals surface area (Å²) in [4.78, 5) is 12.9. The Hall–Kier alpha value is -4.39. The van der Waals surface area contributed by atoms with Gasteiger partial charge in [0.1, 0.15) is 23.0 Å². The van der Waals surface area contributed by atoms with Gasteiger partial charge in [-0.3, -0.25) is 0 Å². The third-order valence-corrected chi connectivity index (χ3v) is 4.44. The van der Waals surface area contributed by atoms with E-state index in [4.69, 9.17) is 18.9 Å². The zero-order valence-corrected chi connectivity index (χ0v) is 18.4. The van der Waals surface area contributed by atoms with Crippen molar-refractivity contribution in [3.8, 4) is 41.0 Å². The molecule has 7 heteroatoms. The largest absolute Gasteiger partial charge is 0.497 e. The molecule has 0 aliphatic heterocycles. The Morgan fingerprint density at radius 3 is 1.70 bits per heavy atom. The third-order valence-electron chi connectivity index (χ3n) is 4.44. The summed E-state index contributed by atoms with van der Waals surface area (Å²) in [5, 5.41) is 0. The first kappa shape index (κ1) is 21.8. The number of ether oxygens (including phenoxy) is 4. The van der Waals surface area contributed by atoms with Crippen molar-refractivity contribution >= 4 is 0 Å². The van der Waals surface area contributed by atoms with Crippen molar-refractivity contribution in [1.82, 2.24) is 15.0 Å². The number of benzene rings is 3. The van der Waals surface area contributed by atoms with E-state index in [2.05, 4.69) is 21.5 Å². The second-order valence-corrected chi connectivity index (χ2v) is 7.22. The topological polar surface area (TPSA) is 75.6 Å². The Morgan fingerprint density at radius 2 is 1.21 bits per heavy atom. The van der Waals surface area contributed by atoms with E-state index in [1.165, 1.54) is 0 Å². The molecule has 0 radical (unpaired) electrons. The smallest absolute Gasteiger partial charge is 0.331 e. The van der Waals surface area contributed by atoms with Crippen LogP contribution in [0.3, 0.4) is 0 Å². The van der Waals surface area contributed by atoms with E-state index in [1.807, 2.05) is 49.4 Å². The minimum absolute atomic E-state index is 0.0370. The summed E-state index contributed by atoms with van der Waals surface area (Å²) in [6, 6.07) is 24.1. The van der Waals surface area contributed by atoms with Crippen LogP contribution in [0, 0.1) is 0 Å². The molecule has 0 atom stereocenters. The second kappa shape index (κ2) is 10.3. The van der Waals surface area contributed by atoms with Gasteiger partial charge in [-0.1, -0.05) is 48.6 Å². The molecule has 0 aliphatic rings. The van der Waals surface area contributed by atoms with Gasteiger partial charge in [-0.15, -0.1) is 15.0 Å². The maximum Gasteiger partial charge on any atom is 0.331 e. The second-order valence-electron chi connectivity index (χ2n) is 7.22. The normalized spacial score (nSPS) is 10.4. The summed E-state index contributed by atoms with van der Waals surface area (Å²) < 4.78 is 23.0. The molecule has 3 aromatic carbocycles. The van der Waals surface area contributed by atoms with Crippen molar-refractivity contribution in [3.63, 3.8) is 0 Å². The zero-order chi connectivity index (χ0) is 23.0. The number of rotatable bonds is 9. The molecule has 0 N–H and O–H groups in total. The van der Waals surface area contributed by atoms with Crippen molar-refractivity contribution in [1.29, 1.82) is 0 Å². The Morgan fingerprint density at radius 1 is 0.697 bits per heavy atom. The number of nitrogens with zero attached hydrogens (tertiary/aromatic N) is 3. The summed E-state index contributed by atoms with van der Waals surface area (Å²) in [5.74, 6) is 2.44. The molecule has 0 spiro atoms. The van der Waals surface area contributed by atoms with Crippen LogP contribution in [0.25, 0.3) is 0 Å². The lowest BCUT2D eigenvalue weighted by Crippen LogP contribution is -2.02. The quantitative estimate of drug-likeness (QED) is 0.279. The number of methoxy groups -OCH3 is 1. The van der Waals surface area contributed by atoms with Crippen LogP contribution < -0.4 is 18.9 Å². The van der Waals surface area contributed by atoms with E-state index in [1.54, 1.807) is 43.5 Å². The molecule has 4 rings (SSSR count). The molecule has 166 valence electrons. The Bertz CT molecular complexity index is 1170. The maximum atomic E-state index is 6.05. The molecule has 4 aromatic rings. The van der Waals surface area contributed by atoms with E-state index in [0.717, 1.165) is 16.9 Å². The predicted octanol–water partition coefficient (Wildman–Crippen LogP) is 6.38. The summed E-state index contributed by atoms with van der Waals surface area (Å²) in [6.07, 6.45) is 0.609. The number of hydrogen-bond acceptors (Lipinski definition) is 7. The molecule has 33 heavy (non-hydrogen) atoms. The molecular weight excluding hydrogens is 418 g/mol. The highest BCUT2D eigenvalue weighted by molar-refractivity contribution is 5.43. The molecule has 0 saturated carbocycles. The van der Waals surface area contributed by atoms with Gasteiger partial charge in [-0.2, -0.15) is 0 Å². The lowest BCUT2D eigenvalue weighted by Gasteiger charge is -2.13. The fourth-order valence-electron chi connectivity index (χ4n) is 2.99. The van der Waals surface area contributed by atoms with Crippen LogP contribution in [0.1, 0.15) is 12.5 Å². The van der Waals surface area contributed by atoms with Gasteiger partial charge in [-0.25, -0.2) is 0 Å². The summed E-state index contributed by atoms with van der Waals surface area (Å²) in [6.45, 7) is 5.95. The summed E-state index contributed by atoms with van der Waals surface area (Å²) in [7, 11) is 1.62. The van der Waals surface area contributed by atoms with Crippen LogP contribution in [-0.2, 0) is 6.42 Å². The molecule has 0 saturated heterocycles. The summed E-state index contributed by atoms with van der Waals surface area (Å²) >= 11 is 0. The van der Waals surface area contributed by atoms with Gasteiger partial charge in [0.25, 0.3) is 0 Å². The Balaban J connectivity index is 1.68. The number of hydrogen-bond donors (Lipinski definition) is 0. The predicted molar refractivity (Wildman–Crippen MR) is 124 cm³/mol. The monoisotopic (exact) mass is 441 g/mol. The first-order chi connectivity index (χ1) is 16.1. The van der Waals surface area contributed by atoms with Crippen molar-refractivity contribution in [3.05, 3.63) is 96.6 Å². The highest BCUT2D eigenvalue weighted by atomic mass is 16.5. The van der Waals surface area contributed by atoms with E-state index in [-0.39, 0.29) is 18.0 Å². The van der Waals surface area contributed by atoms with Crippen molar-refractivity contribution in [2.75, 3.05) is 7.11 Å². The Labute approximate surface area is 192 Å². The first-order valence-electron chi connectivity index (χ1n) is 10.3. The SMILES string of the molecule is C=C(C)Cc1cc(OC)ccc1Oc1nc(Oc2ccccc2)nc(Oc2ccccc2)n1. The van der Waals surface area contributed by atoms with Crippen LogP contribution in [0.4, 0.5) is 0 Å². The van der Waals surface area contributed by atoms with Crippen molar-refractivity contribution in [2.45, 2.75) is 13.3 Å². The van der Waals surface area contributed by atoms with Gasteiger partial charge < -0.3 is 18.9 Å². The summed E-state index contributed by atoms with van der Waals surface area (Å²) in [5.41, 5.74) is 1.86. The molecule has 0 unspecified atom stereocenters. The number of aromatic nitrogens is 3. The fourth-order valence-corrected chi connectivity index (χ4v) is 2.99. The van der Waals surface area contributed by atoms with Crippen LogP contribution in [0.5, 0.6) is 41.0 Å². The standard InChI is InChI=1S/C26H23N3O4/c1-18(2)16-19-17-22(30-3)14-15-23(19)33-26-28-24(31-20-10-6-4-7-11-20)27-25(29-26)32-21-12-8-5-9-13-21/h4-15,17H,1,16H2,2-3H3. The van der Waals surface area contributed by atoms with E-state index in [0.29, 0.717) is 23.7 Å². The minimum atomic E-state index is 0.0370.